The molecule has 1 fully saturated rings. The third-order valence-electron chi connectivity index (χ3n) is 4.18. The van der Waals surface area contributed by atoms with E-state index in [1.165, 1.54) is 0 Å². The Morgan fingerprint density at radius 3 is 2.26 bits per heavy atom. The van der Waals surface area contributed by atoms with Crippen LogP contribution in [0.4, 0.5) is 0 Å². The lowest BCUT2D eigenvalue weighted by Gasteiger charge is -2.37. The first-order valence-electron chi connectivity index (χ1n) is 8.08. The summed E-state index contributed by atoms with van der Waals surface area (Å²) >= 11 is 0. The van der Waals surface area contributed by atoms with Gasteiger partial charge in [-0.1, -0.05) is 20.8 Å². The van der Waals surface area contributed by atoms with Crippen molar-refractivity contribution in [1.29, 1.82) is 0 Å². The lowest BCUT2D eigenvalue weighted by atomic mass is 9.94. The van der Waals surface area contributed by atoms with Gasteiger partial charge in [0.1, 0.15) is 11.5 Å². The molecule has 0 aliphatic carbocycles. The highest BCUT2D eigenvalue weighted by atomic mass is 16.5. The first-order valence-corrected chi connectivity index (χ1v) is 8.08. The first-order chi connectivity index (χ1) is 10.8. The highest BCUT2D eigenvalue weighted by Gasteiger charge is 2.29. The molecule has 1 amide bonds. The molecule has 1 aliphatic heterocycles. The fourth-order valence-electron chi connectivity index (χ4n) is 2.83. The van der Waals surface area contributed by atoms with Gasteiger partial charge in [0.05, 0.1) is 14.2 Å². The van der Waals surface area contributed by atoms with Crippen molar-refractivity contribution in [3.63, 3.8) is 0 Å². The monoisotopic (exact) mass is 320 g/mol. The number of amides is 1. The number of methoxy groups -OCH3 is 2. The lowest BCUT2D eigenvalue weighted by molar-refractivity contribution is -0.141. The predicted octanol–water partition coefficient (Wildman–Crippen LogP) is 2.39. The van der Waals surface area contributed by atoms with E-state index in [-0.39, 0.29) is 11.3 Å². The van der Waals surface area contributed by atoms with Crippen molar-refractivity contribution in [2.75, 3.05) is 40.4 Å². The van der Waals surface area contributed by atoms with Crippen molar-refractivity contribution >= 4 is 5.91 Å². The maximum atomic E-state index is 12.3. The molecule has 0 unspecified atom stereocenters. The van der Waals surface area contributed by atoms with E-state index >= 15 is 0 Å². The van der Waals surface area contributed by atoms with Crippen LogP contribution >= 0.6 is 0 Å². The van der Waals surface area contributed by atoms with Gasteiger partial charge >= 0.3 is 0 Å². The van der Waals surface area contributed by atoms with E-state index in [2.05, 4.69) is 4.90 Å². The molecular weight excluding hydrogens is 292 g/mol. The Kier molecular flexibility index (Phi) is 5.52. The number of nitrogens with zero attached hydrogens (tertiary/aromatic N) is 2. The van der Waals surface area contributed by atoms with Gasteiger partial charge < -0.3 is 14.4 Å². The Morgan fingerprint density at radius 1 is 1.09 bits per heavy atom. The summed E-state index contributed by atoms with van der Waals surface area (Å²) in [7, 11) is 3.35. The van der Waals surface area contributed by atoms with Gasteiger partial charge in [0.15, 0.2) is 0 Å². The van der Waals surface area contributed by atoms with Crippen LogP contribution in [-0.4, -0.2) is 56.1 Å². The summed E-state index contributed by atoms with van der Waals surface area (Å²) < 4.78 is 10.7. The average molecular weight is 320 g/mol. The predicted molar refractivity (Wildman–Crippen MR) is 90.9 cm³/mol. The van der Waals surface area contributed by atoms with Gasteiger partial charge in [0.25, 0.3) is 0 Å². The molecule has 23 heavy (non-hydrogen) atoms. The number of carbonyl (C=O) groups is 1. The van der Waals surface area contributed by atoms with Gasteiger partial charge in [-0.25, -0.2) is 0 Å². The number of piperazine rings is 1. The second-order valence-corrected chi connectivity index (χ2v) is 7.00. The van der Waals surface area contributed by atoms with E-state index in [1.807, 2.05) is 43.9 Å². The lowest BCUT2D eigenvalue weighted by Crippen LogP contribution is -2.51. The van der Waals surface area contributed by atoms with Crippen molar-refractivity contribution in [2.24, 2.45) is 5.41 Å². The van der Waals surface area contributed by atoms with E-state index in [1.54, 1.807) is 14.2 Å². The molecule has 5 heteroatoms. The molecule has 1 saturated heterocycles. The highest BCUT2D eigenvalue weighted by Crippen LogP contribution is 2.26. The SMILES string of the molecule is COc1ccc(OC)c(CN2CCN(C(=O)C(C)(C)C)CC2)c1. The van der Waals surface area contributed by atoms with Gasteiger partial charge in [0.2, 0.25) is 5.91 Å². The van der Waals surface area contributed by atoms with E-state index in [0.29, 0.717) is 0 Å². The summed E-state index contributed by atoms with van der Waals surface area (Å²) in [6.45, 7) is 10.0. The van der Waals surface area contributed by atoms with Crippen molar-refractivity contribution in [1.82, 2.24) is 9.80 Å². The van der Waals surface area contributed by atoms with E-state index in [4.69, 9.17) is 9.47 Å². The number of hydrogen-bond donors (Lipinski definition) is 0. The summed E-state index contributed by atoms with van der Waals surface area (Å²) in [4.78, 5) is 16.7. The number of rotatable bonds is 4. The van der Waals surface area contributed by atoms with Crippen molar-refractivity contribution in [2.45, 2.75) is 27.3 Å². The number of benzene rings is 1. The number of hydrogen-bond acceptors (Lipinski definition) is 4. The molecule has 1 aromatic carbocycles. The van der Waals surface area contributed by atoms with Crippen LogP contribution in [0.2, 0.25) is 0 Å². The van der Waals surface area contributed by atoms with E-state index < -0.39 is 0 Å². The van der Waals surface area contributed by atoms with Crippen LogP contribution in [0.1, 0.15) is 26.3 Å². The van der Waals surface area contributed by atoms with Crippen LogP contribution in [0.5, 0.6) is 11.5 Å². The summed E-state index contributed by atoms with van der Waals surface area (Å²) in [5, 5.41) is 0. The first kappa shape index (κ1) is 17.6. The van der Waals surface area contributed by atoms with E-state index in [0.717, 1.165) is 49.8 Å². The minimum atomic E-state index is -0.307. The number of ether oxygens (including phenoxy) is 2. The Bertz CT molecular complexity index is 544. The minimum Gasteiger partial charge on any atom is -0.497 e. The highest BCUT2D eigenvalue weighted by molar-refractivity contribution is 5.81. The molecule has 1 aliphatic rings. The Hall–Kier alpha value is -1.75. The van der Waals surface area contributed by atoms with Gasteiger partial charge in [-0.2, -0.15) is 0 Å². The summed E-state index contributed by atoms with van der Waals surface area (Å²) in [5.74, 6) is 1.94. The second kappa shape index (κ2) is 7.21. The van der Waals surface area contributed by atoms with Crippen LogP contribution in [0, 0.1) is 5.41 Å². The summed E-state index contributed by atoms with van der Waals surface area (Å²) in [6.07, 6.45) is 0. The van der Waals surface area contributed by atoms with Crippen molar-refractivity contribution in [3.05, 3.63) is 23.8 Å². The zero-order valence-corrected chi connectivity index (χ0v) is 14.9. The van der Waals surface area contributed by atoms with Crippen LogP contribution < -0.4 is 9.47 Å². The van der Waals surface area contributed by atoms with Gasteiger partial charge in [-0.3, -0.25) is 9.69 Å². The van der Waals surface area contributed by atoms with Crippen LogP contribution in [0.15, 0.2) is 18.2 Å². The van der Waals surface area contributed by atoms with Crippen LogP contribution in [0.25, 0.3) is 0 Å². The third kappa shape index (κ3) is 4.38. The fraction of sp³-hybridized carbons (Fsp3) is 0.611. The molecular formula is C18H28N2O3. The zero-order chi connectivity index (χ0) is 17.0. The minimum absolute atomic E-state index is 0.233. The maximum absolute atomic E-state index is 12.3. The van der Waals surface area contributed by atoms with Crippen LogP contribution in [-0.2, 0) is 11.3 Å². The van der Waals surface area contributed by atoms with Crippen molar-refractivity contribution in [3.8, 4) is 11.5 Å². The van der Waals surface area contributed by atoms with Gasteiger partial charge in [0, 0.05) is 43.7 Å². The average Bonchev–Trinajstić information content (AvgIpc) is 2.54. The topological polar surface area (TPSA) is 42.0 Å². The Morgan fingerprint density at radius 2 is 1.74 bits per heavy atom. The molecule has 0 bridgehead atoms. The molecule has 2 rings (SSSR count). The molecule has 0 saturated carbocycles. The molecule has 1 aromatic rings. The Balaban J connectivity index is 1.98. The number of carbonyl (C=O) groups excluding carboxylic acids is 1. The second-order valence-electron chi connectivity index (χ2n) is 7.00. The summed E-state index contributed by atoms with van der Waals surface area (Å²) in [5.41, 5.74) is 0.806. The third-order valence-corrected chi connectivity index (χ3v) is 4.18. The Labute approximate surface area is 139 Å². The molecule has 128 valence electrons. The van der Waals surface area contributed by atoms with Gasteiger partial charge in [-0.05, 0) is 18.2 Å². The standard InChI is InChI=1S/C18H28N2O3/c1-18(2,3)17(21)20-10-8-19(9-11-20)13-14-12-15(22-4)6-7-16(14)23-5/h6-7,12H,8-11,13H2,1-5H3. The molecule has 1 heterocycles. The largest absolute Gasteiger partial charge is 0.497 e. The normalized spacial score (nSPS) is 16.3. The van der Waals surface area contributed by atoms with Crippen LogP contribution in [0.3, 0.4) is 0 Å². The summed E-state index contributed by atoms with van der Waals surface area (Å²) in [6, 6.07) is 5.86. The van der Waals surface area contributed by atoms with E-state index in [9.17, 15) is 4.79 Å². The smallest absolute Gasteiger partial charge is 0.228 e. The molecule has 5 nitrogen and oxygen atoms in total. The molecule has 0 N–H and O–H groups in total. The zero-order valence-electron chi connectivity index (χ0n) is 14.9. The molecule has 0 spiro atoms. The molecule has 0 radical (unpaired) electrons. The molecule has 0 atom stereocenters. The quantitative estimate of drug-likeness (QED) is 0.854. The maximum Gasteiger partial charge on any atom is 0.228 e. The molecule has 0 aromatic heterocycles. The van der Waals surface area contributed by atoms with Crippen molar-refractivity contribution < 1.29 is 14.3 Å². The van der Waals surface area contributed by atoms with Gasteiger partial charge in [-0.15, -0.1) is 0 Å². The fourth-order valence-corrected chi connectivity index (χ4v) is 2.83.